The van der Waals surface area contributed by atoms with Crippen LogP contribution in [0.3, 0.4) is 0 Å². The van der Waals surface area contributed by atoms with Crippen LogP contribution in [0.25, 0.3) is 0 Å². The summed E-state index contributed by atoms with van der Waals surface area (Å²) < 4.78 is 1.06. The van der Waals surface area contributed by atoms with Gasteiger partial charge in [-0.2, -0.15) is 0 Å². The van der Waals surface area contributed by atoms with Gasteiger partial charge < -0.3 is 15.1 Å². The van der Waals surface area contributed by atoms with Crippen molar-refractivity contribution in [3.8, 4) is 0 Å². The lowest BCUT2D eigenvalue weighted by Gasteiger charge is -2.30. The maximum atomic E-state index is 12.5. The second-order valence-electron chi connectivity index (χ2n) is 5.62. The fourth-order valence-corrected chi connectivity index (χ4v) is 3.59. The standard InChI is InChI=1S/C15H20BrN3O/c1-18-14(11-4-2-5-12(16)8-11)10-19(15(18)20)13-6-3-7-17-9-13/h2,4-5,8,13-14,17H,3,6-7,9-10H2,1H3. The van der Waals surface area contributed by atoms with Crippen molar-refractivity contribution in [3.05, 3.63) is 34.3 Å². The highest BCUT2D eigenvalue weighted by atomic mass is 79.9. The molecule has 108 valence electrons. The highest BCUT2D eigenvalue weighted by Gasteiger charge is 2.39. The summed E-state index contributed by atoms with van der Waals surface area (Å²) in [5.41, 5.74) is 1.20. The summed E-state index contributed by atoms with van der Waals surface area (Å²) in [5.74, 6) is 0. The molecule has 2 heterocycles. The van der Waals surface area contributed by atoms with Crippen molar-refractivity contribution in [2.45, 2.75) is 24.9 Å². The lowest BCUT2D eigenvalue weighted by Crippen LogP contribution is -2.47. The molecule has 1 N–H and O–H groups in total. The number of halogens is 1. The Balaban J connectivity index is 1.79. The minimum Gasteiger partial charge on any atom is -0.319 e. The number of amides is 2. The Hall–Kier alpha value is -1.07. The van der Waals surface area contributed by atoms with Crippen LogP contribution < -0.4 is 5.32 Å². The number of nitrogens with one attached hydrogen (secondary N) is 1. The van der Waals surface area contributed by atoms with Crippen LogP contribution in [0.15, 0.2) is 28.7 Å². The fourth-order valence-electron chi connectivity index (χ4n) is 3.17. The normalized spacial score (nSPS) is 27.2. The molecule has 2 fully saturated rings. The Kier molecular flexibility index (Phi) is 3.98. The number of piperidine rings is 1. The molecule has 2 unspecified atom stereocenters. The van der Waals surface area contributed by atoms with Crippen molar-refractivity contribution < 1.29 is 4.79 Å². The predicted octanol–water partition coefficient (Wildman–Crippen LogP) is 2.61. The molecule has 1 aromatic carbocycles. The van der Waals surface area contributed by atoms with Crippen molar-refractivity contribution >= 4 is 22.0 Å². The number of hydrogen-bond donors (Lipinski definition) is 1. The van der Waals surface area contributed by atoms with E-state index in [2.05, 4.69) is 33.4 Å². The molecule has 0 saturated carbocycles. The van der Waals surface area contributed by atoms with Crippen molar-refractivity contribution in [2.75, 3.05) is 26.7 Å². The van der Waals surface area contributed by atoms with Gasteiger partial charge in [-0.3, -0.25) is 0 Å². The quantitative estimate of drug-likeness (QED) is 0.900. The molecule has 5 heteroatoms. The Morgan fingerprint density at radius 2 is 2.25 bits per heavy atom. The van der Waals surface area contributed by atoms with Gasteiger partial charge in [0.1, 0.15) is 0 Å². The van der Waals surface area contributed by atoms with Crippen LogP contribution in [0.2, 0.25) is 0 Å². The largest absolute Gasteiger partial charge is 0.320 e. The van der Waals surface area contributed by atoms with Gasteiger partial charge in [0.2, 0.25) is 0 Å². The van der Waals surface area contributed by atoms with E-state index in [0.717, 1.165) is 36.9 Å². The summed E-state index contributed by atoms with van der Waals surface area (Å²) in [5, 5.41) is 3.39. The third-order valence-electron chi connectivity index (χ3n) is 4.33. The molecule has 0 aromatic heterocycles. The molecule has 2 atom stereocenters. The lowest BCUT2D eigenvalue weighted by molar-refractivity contribution is 0.171. The number of urea groups is 1. The van der Waals surface area contributed by atoms with Gasteiger partial charge >= 0.3 is 6.03 Å². The lowest BCUT2D eigenvalue weighted by atomic mass is 10.0. The first kappa shape index (κ1) is 13.9. The summed E-state index contributed by atoms with van der Waals surface area (Å²) in [4.78, 5) is 16.4. The zero-order valence-corrected chi connectivity index (χ0v) is 13.3. The molecule has 20 heavy (non-hydrogen) atoms. The summed E-state index contributed by atoms with van der Waals surface area (Å²) in [6, 6.07) is 8.91. The SMILES string of the molecule is CN1C(=O)N(C2CCCNC2)CC1c1cccc(Br)c1. The van der Waals surface area contributed by atoms with E-state index in [-0.39, 0.29) is 12.1 Å². The molecule has 4 nitrogen and oxygen atoms in total. The van der Waals surface area contributed by atoms with Crippen molar-refractivity contribution in [3.63, 3.8) is 0 Å². The Labute approximate surface area is 128 Å². The van der Waals surface area contributed by atoms with Gasteiger partial charge in [0.25, 0.3) is 0 Å². The molecule has 1 aromatic rings. The topological polar surface area (TPSA) is 35.6 Å². The van der Waals surface area contributed by atoms with E-state index in [0.29, 0.717) is 6.04 Å². The van der Waals surface area contributed by atoms with Gasteiger partial charge in [0.05, 0.1) is 6.04 Å². The van der Waals surface area contributed by atoms with Crippen molar-refractivity contribution in [1.29, 1.82) is 0 Å². The van der Waals surface area contributed by atoms with Gasteiger partial charge in [0, 0.05) is 30.7 Å². The van der Waals surface area contributed by atoms with E-state index in [4.69, 9.17) is 0 Å². The first-order valence-electron chi connectivity index (χ1n) is 7.16. The van der Waals surface area contributed by atoms with Crippen LogP contribution >= 0.6 is 15.9 Å². The second-order valence-corrected chi connectivity index (χ2v) is 6.53. The van der Waals surface area contributed by atoms with E-state index >= 15 is 0 Å². The molecule has 0 aliphatic carbocycles. The average Bonchev–Trinajstić information content (AvgIpc) is 2.76. The number of hydrogen-bond acceptors (Lipinski definition) is 2. The van der Waals surface area contributed by atoms with Crippen LogP contribution in [0.5, 0.6) is 0 Å². The third-order valence-corrected chi connectivity index (χ3v) is 4.82. The molecular weight excluding hydrogens is 318 g/mol. The minimum atomic E-state index is 0.155. The number of nitrogens with zero attached hydrogens (tertiary/aromatic N) is 2. The number of carbonyl (C=O) groups excluding carboxylic acids is 1. The first-order chi connectivity index (χ1) is 9.66. The Morgan fingerprint density at radius 3 is 2.95 bits per heavy atom. The highest BCUT2D eigenvalue weighted by molar-refractivity contribution is 9.10. The monoisotopic (exact) mass is 337 g/mol. The molecule has 2 saturated heterocycles. The van der Waals surface area contributed by atoms with Gasteiger partial charge in [-0.1, -0.05) is 28.1 Å². The zero-order valence-electron chi connectivity index (χ0n) is 11.7. The minimum absolute atomic E-state index is 0.155. The summed E-state index contributed by atoms with van der Waals surface area (Å²) in [6.45, 7) is 2.78. The number of carbonyl (C=O) groups is 1. The zero-order chi connectivity index (χ0) is 14.1. The molecule has 2 aliphatic heterocycles. The molecule has 3 rings (SSSR count). The van der Waals surface area contributed by atoms with Gasteiger partial charge in [-0.15, -0.1) is 0 Å². The van der Waals surface area contributed by atoms with E-state index in [1.54, 1.807) is 0 Å². The fraction of sp³-hybridized carbons (Fsp3) is 0.533. The Morgan fingerprint density at radius 1 is 1.40 bits per heavy atom. The number of benzene rings is 1. The van der Waals surface area contributed by atoms with Gasteiger partial charge in [0.15, 0.2) is 0 Å². The average molecular weight is 338 g/mol. The third kappa shape index (κ3) is 2.56. The summed E-state index contributed by atoms with van der Waals surface area (Å²) in [7, 11) is 1.91. The van der Waals surface area contributed by atoms with Crippen LogP contribution in [0.1, 0.15) is 24.4 Å². The molecule has 0 radical (unpaired) electrons. The number of rotatable bonds is 2. The van der Waals surface area contributed by atoms with Gasteiger partial charge in [-0.05, 0) is 37.1 Å². The van der Waals surface area contributed by atoms with E-state index in [9.17, 15) is 4.79 Å². The molecule has 0 bridgehead atoms. The maximum absolute atomic E-state index is 12.5. The van der Waals surface area contributed by atoms with E-state index in [1.165, 1.54) is 5.56 Å². The highest BCUT2D eigenvalue weighted by Crippen LogP contribution is 2.31. The maximum Gasteiger partial charge on any atom is 0.320 e. The van der Waals surface area contributed by atoms with Crippen LogP contribution in [-0.4, -0.2) is 48.6 Å². The van der Waals surface area contributed by atoms with Crippen LogP contribution in [-0.2, 0) is 0 Å². The number of likely N-dealkylation sites (N-methyl/N-ethyl adjacent to an activating group) is 1. The molecule has 2 amide bonds. The van der Waals surface area contributed by atoms with E-state index < -0.39 is 0 Å². The van der Waals surface area contributed by atoms with Crippen molar-refractivity contribution in [2.24, 2.45) is 0 Å². The molecule has 2 aliphatic rings. The molecule has 0 spiro atoms. The van der Waals surface area contributed by atoms with E-state index in [1.807, 2.05) is 29.0 Å². The van der Waals surface area contributed by atoms with Crippen LogP contribution in [0, 0.1) is 0 Å². The van der Waals surface area contributed by atoms with Crippen LogP contribution in [0.4, 0.5) is 4.79 Å². The molecular formula is C15H20BrN3O. The Bertz CT molecular complexity index is 502. The first-order valence-corrected chi connectivity index (χ1v) is 7.96. The smallest absolute Gasteiger partial charge is 0.319 e. The van der Waals surface area contributed by atoms with Crippen molar-refractivity contribution in [1.82, 2.24) is 15.1 Å². The summed E-state index contributed by atoms with van der Waals surface area (Å²) >= 11 is 3.51. The van der Waals surface area contributed by atoms with Gasteiger partial charge in [-0.25, -0.2) is 4.79 Å². The predicted molar refractivity (Wildman–Crippen MR) is 82.6 cm³/mol. The summed E-state index contributed by atoms with van der Waals surface area (Å²) in [6.07, 6.45) is 2.26. The second kappa shape index (κ2) is 5.74.